The van der Waals surface area contributed by atoms with Crippen LogP contribution in [-0.2, 0) is 0 Å². The van der Waals surface area contributed by atoms with Crippen LogP contribution in [0.3, 0.4) is 0 Å². The molecule has 0 atom stereocenters. The lowest BCUT2D eigenvalue weighted by Crippen LogP contribution is -2.53. The fraction of sp³-hybridized carbons (Fsp3) is 0.500. The molecule has 0 heterocycles. The van der Waals surface area contributed by atoms with Crippen molar-refractivity contribution in [2.75, 3.05) is 6.54 Å². The molecule has 0 spiro atoms. The highest BCUT2D eigenvalue weighted by molar-refractivity contribution is 5.95. The molecule has 19 heavy (non-hydrogen) atoms. The van der Waals surface area contributed by atoms with Gasteiger partial charge in [-0.25, -0.2) is 4.39 Å². The van der Waals surface area contributed by atoms with Crippen LogP contribution >= 0.6 is 12.4 Å². The zero-order chi connectivity index (χ0) is 13.8. The SMILES string of the molecule is CCC(CC)(CN)NC(=O)c1cccc(C)c1F.Cl. The molecule has 1 aromatic carbocycles. The van der Waals surface area contributed by atoms with E-state index in [9.17, 15) is 9.18 Å². The normalized spacial score (nSPS) is 10.8. The molecule has 0 aliphatic carbocycles. The van der Waals surface area contributed by atoms with Gasteiger partial charge in [0, 0.05) is 6.54 Å². The second-order valence-corrected chi connectivity index (χ2v) is 4.58. The molecule has 0 radical (unpaired) electrons. The molecule has 108 valence electrons. The van der Waals surface area contributed by atoms with E-state index in [1.807, 2.05) is 13.8 Å². The standard InChI is InChI=1S/C14H21FN2O.ClH/c1-4-14(5-2,9-16)17-13(18)11-8-6-7-10(3)12(11)15;/h6-8H,4-5,9,16H2,1-3H3,(H,17,18);1H. The molecule has 0 saturated heterocycles. The van der Waals surface area contributed by atoms with E-state index in [1.54, 1.807) is 19.1 Å². The Kier molecular flexibility index (Phi) is 7.01. The maximum absolute atomic E-state index is 13.8. The largest absolute Gasteiger partial charge is 0.345 e. The highest BCUT2D eigenvalue weighted by Crippen LogP contribution is 2.17. The Labute approximate surface area is 120 Å². The minimum absolute atomic E-state index is 0. The quantitative estimate of drug-likeness (QED) is 0.875. The number of nitrogens with one attached hydrogen (secondary N) is 1. The molecule has 1 rings (SSSR count). The van der Waals surface area contributed by atoms with Crippen molar-refractivity contribution in [3.63, 3.8) is 0 Å². The highest BCUT2D eigenvalue weighted by Gasteiger charge is 2.27. The van der Waals surface area contributed by atoms with Crippen LogP contribution in [0.1, 0.15) is 42.6 Å². The summed E-state index contributed by atoms with van der Waals surface area (Å²) in [6, 6.07) is 4.81. The van der Waals surface area contributed by atoms with Gasteiger partial charge in [0.2, 0.25) is 0 Å². The second-order valence-electron chi connectivity index (χ2n) is 4.58. The minimum atomic E-state index is -0.465. The van der Waals surface area contributed by atoms with Gasteiger partial charge in [-0.1, -0.05) is 26.0 Å². The van der Waals surface area contributed by atoms with E-state index in [0.29, 0.717) is 12.1 Å². The number of halogens is 2. The van der Waals surface area contributed by atoms with E-state index in [4.69, 9.17) is 5.73 Å². The van der Waals surface area contributed by atoms with E-state index in [-0.39, 0.29) is 18.0 Å². The van der Waals surface area contributed by atoms with Crippen molar-refractivity contribution in [2.24, 2.45) is 5.73 Å². The fourth-order valence-corrected chi connectivity index (χ4v) is 1.90. The first-order valence-corrected chi connectivity index (χ1v) is 6.27. The summed E-state index contributed by atoms with van der Waals surface area (Å²) in [6.07, 6.45) is 1.44. The molecule has 1 aromatic rings. The van der Waals surface area contributed by atoms with Gasteiger partial charge in [-0.05, 0) is 31.4 Å². The van der Waals surface area contributed by atoms with Gasteiger partial charge in [0.25, 0.3) is 5.91 Å². The number of benzene rings is 1. The molecule has 3 N–H and O–H groups in total. The summed E-state index contributed by atoms with van der Waals surface area (Å²) in [6.45, 7) is 5.91. The summed E-state index contributed by atoms with van der Waals surface area (Å²) in [4.78, 5) is 12.1. The number of nitrogens with two attached hydrogens (primary N) is 1. The first-order chi connectivity index (χ1) is 8.49. The molecule has 5 heteroatoms. The average Bonchev–Trinajstić information content (AvgIpc) is 2.39. The van der Waals surface area contributed by atoms with Gasteiger partial charge in [-0.2, -0.15) is 0 Å². The Hall–Kier alpha value is -1.13. The average molecular weight is 289 g/mol. The Morgan fingerprint density at radius 1 is 1.37 bits per heavy atom. The minimum Gasteiger partial charge on any atom is -0.345 e. The first-order valence-electron chi connectivity index (χ1n) is 6.27. The van der Waals surface area contributed by atoms with E-state index in [0.717, 1.165) is 12.8 Å². The van der Waals surface area contributed by atoms with Crippen molar-refractivity contribution in [1.82, 2.24) is 5.32 Å². The molecule has 1 amide bonds. The van der Waals surface area contributed by atoms with Crippen LogP contribution in [0, 0.1) is 12.7 Å². The Morgan fingerprint density at radius 2 is 1.95 bits per heavy atom. The van der Waals surface area contributed by atoms with E-state index < -0.39 is 17.3 Å². The van der Waals surface area contributed by atoms with Crippen molar-refractivity contribution >= 4 is 18.3 Å². The summed E-state index contributed by atoms with van der Waals surface area (Å²) in [5.74, 6) is -0.863. The van der Waals surface area contributed by atoms with Crippen LogP contribution in [0.15, 0.2) is 18.2 Å². The third-order valence-corrected chi connectivity index (χ3v) is 3.56. The van der Waals surface area contributed by atoms with Gasteiger partial charge in [-0.3, -0.25) is 4.79 Å². The Morgan fingerprint density at radius 3 is 2.42 bits per heavy atom. The molecule has 3 nitrogen and oxygen atoms in total. The number of carbonyl (C=O) groups excluding carboxylic acids is 1. The highest BCUT2D eigenvalue weighted by atomic mass is 35.5. The monoisotopic (exact) mass is 288 g/mol. The van der Waals surface area contributed by atoms with Gasteiger partial charge in [0.15, 0.2) is 0 Å². The number of aryl methyl sites for hydroxylation is 1. The van der Waals surface area contributed by atoms with Gasteiger partial charge >= 0.3 is 0 Å². The Balaban J connectivity index is 0.00000324. The number of hydrogen-bond acceptors (Lipinski definition) is 2. The van der Waals surface area contributed by atoms with Gasteiger partial charge in [0.05, 0.1) is 11.1 Å². The van der Waals surface area contributed by atoms with Crippen LogP contribution in [0.4, 0.5) is 4.39 Å². The van der Waals surface area contributed by atoms with E-state index >= 15 is 0 Å². The fourth-order valence-electron chi connectivity index (χ4n) is 1.90. The van der Waals surface area contributed by atoms with Crippen molar-refractivity contribution in [1.29, 1.82) is 0 Å². The lowest BCUT2D eigenvalue weighted by molar-refractivity contribution is 0.0891. The maximum atomic E-state index is 13.8. The number of amides is 1. The maximum Gasteiger partial charge on any atom is 0.254 e. The summed E-state index contributed by atoms with van der Waals surface area (Å²) >= 11 is 0. The van der Waals surface area contributed by atoms with Crippen LogP contribution in [-0.4, -0.2) is 18.0 Å². The van der Waals surface area contributed by atoms with Gasteiger partial charge in [0.1, 0.15) is 5.82 Å². The van der Waals surface area contributed by atoms with Crippen LogP contribution in [0.25, 0.3) is 0 Å². The Bertz CT molecular complexity index is 425. The topological polar surface area (TPSA) is 55.1 Å². The third kappa shape index (κ3) is 3.91. The van der Waals surface area contributed by atoms with Crippen LogP contribution in [0.2, 0.25) is 0 Å². The predicted molar refractivity (Wildman–Crippen MR) is 78.2 cm³/mol. The van der Waals surface area contributed by atoms with E-state index in [2.05, 4.69) is 5.32 Å². The molecule has 0 bridgehead atoms. The van der Waals surface area contributed by atoms with Crippen molar-refractivity contribution in [2.45, 2.75) is 39.2 Å². The first kappa shape index (κ1) is 17.9. The summed E-state index contributed by atoms with van der Waals surface area (Å²) in [7, 11) is 0. The molecule has 0 aliphatic rings. The number of rotatable bonds is 5. The summed E-state index contributed by atoms with van der Waals surface area (Å²) in [5.41, 5.74) is 5.81. The predicted octanol–water partition coefficient (Wildman–Crippen LogP) is 2.80. The molecule has 0 aliphatic heterocycles. The van der Waals surface area contributed by atoms with Crippen molar-refractivity contribution < 1.29 is 9.18 Å². The zero-order valence-electron chi connectivity index (χ0n) is 11.6. The van der Waals surface area contributed by atoms with Gasteiger partial charge in [-0.15, -0.1) is 12.4 Å². The van der Waals surface area contributed by atoms with Crippen LogP contribution < -0.4 is 11.1 Å². The van der Waals surface area contributed by atoms with E-state index in [1.165, 1.54) is 6.07 Å². The van der Waals surface area contributed by atoms with Crippen molar-refractivity contribution in [3.8, 4) is 0 Å². The zero-order valence-corrected chi connectivity index (χ0v) is 12.4. The lowest BCUT2D eigenvalue weighted by atomic mass is 9.92. The molecular formula is C14H22ClFN2O. The van der Waals surface area contributed by atoms with Gasteiger partial charge < -0.3 is 11.1 Å². The molecule has 0 fully saturated rings. The lowest BCUT2D eigenvalue weighted by Gasteiger charge is -2.31. The second kappa shape index (κ2) is 7.46. The third-order valence-electron chi connectivity index (χ3n) is 3.56. The summed E-state index contributed by atoms with van der Waals surface area (Å²) < 4.78 is 13.8. The molecule has 0 saturated carbocycles. The smallest absolute Gasteiger partial charge is 0.254 e. The number of carbonyl (C=O) groups is 1. The molecule has 0 unspecified atom stereocenters. The number of hydrogen-bond donors (Lipinski definition) is 2. The van der Waals surface area contributed by atoms with Crippen LogP contribution in [0.5, 0.6) is 0 Å². The molecular weight excluding hydrogens is 267 g/mol. The van der Waals surface area contributed by atoms with Crippen molar-refractivity contribution in [3.05, 3.63) is 35.1 Å². The molecule has 0 aromatic heterocycles. The summed E-state index contributed by atoms with van der Waals surface area (Å²) in [5, 5.41) is 2.86.